The summed E-state index contributed by atoms with van der Waals surface area (Å²) in [6, 6.07) is 9.05. The molecule has 5 nitrogen and oxygen atoms in total. The number of nitro groups is 1. The highest BCUT2D eigenvalue weighted by Crippen LogP contribution is 2.37. The number of aldehydes is 1. The molecule has 0 aliphatic rings. The molecule has 0 fully saturated rings. The van der Waals surface area contributed by atoms with Gasteiger partial charge in [0.15, 0.2) is 0 Å². The van der Waals surface area contributed by atoms with Gasteiger partial charge < -0.3 is 4.74 Å². The predicted molar refractivity (Wildman–Crippen MR) is 75.5 cm³/mol. The summed E-state index contributed by atoms with van der Waals surface area (Å²) in [4.78, 5) is 21.0. The number of rotatable bonds is 4. The quantitative estimate of drug-likeness (QED) is 0.489. The molecule has 0 heterocycles. The zero-order chi connectivity index (χ0) is 14.7. The van der Waals surface area contributed by atoms with Gasteiger partial charge in [0, 0.05) is 28.8 Å². The van der Waals surface area contributed by atoms with E-state index in [1.807, 2.05) is 0 Å². The van der Waals surface area contributed by atoms with Crippen LogP contribution in [0, 0.1) is 10.1 Å². The normalized spacial score (nSPS) is 10.1. The molecule has 2 aromatic carbocycles. The molecule has 0 radical (unpaired) electrons. The van der Waals surface area contributed by atoms with E-state index in [1.54, 1.807) is 18.2 Å². The zero-order valence-electron chi connectivity index (χ0n) is 10.5. The van der Waals surface area contributed by atoms with Gasteiger partial charge in [0.25, 0.3) is 5.69 Å². The van der Waals surface area contributed by atoms with Crippen molar-refractivity contribution in [2.75, 3.05) is 7.11 Å². The number of hydrogen-bond donors (Lipinski definition) is 0. The fourth-order valence-corrected chi connectivity index (χ4v) is 2.12. The molecule has 0 saturated carbocycles. The highest BCUT2D eigenvalue weighted by molar-refractivity contribution is 6.33. The maximum atomic E-state index is 10.9. The smallest absolute Gasteiger partial charge is 0.270 e. The summed E-state index contributed by atoms with van der Waals surface area (Å²) in [7, 11) is 1.50. The Morgan fingerprint density at radius 3 is 2.50 bits per heavy atom. The van der Waals surface area contributed by atoms with Gasteiger partial charge >= 0.3 is 0 Å². The van der Waals surface area contributed by atoms with Crippen molar-refractivity contribution in [2.24, 2.45) is 0 Å². The number of non-ortho nitro benzene ring substituents is 1. The van der Waals surface area contributed by atoms with Gasteiger partial charge in [0.05, 0.1) is 17.1 Å². The van der Waals surface area contributed by atoms with Crippen molar-refractivity contribution in [3.05, 3.63) is 57.1 Å². The van der Waals surface area contributed by atoms with Crippen molar-refractivity contribution in [1.29, 1.82) is 0 Å². The third-order valence-corrected chi connectivity index (χ3v) is 3.13. The second-order valence-corrected chi connectivity index (χ2v) is 4.41. The first-order valence-corrected chi connectivity index (χ1v) is 6.02. The molecule has 0 saturated heterocycles. The van der Waals surface area contributed by atoms with E-state index < -0.39 is 4.92 Å². The first-order chi connectivity index (χ1) is 9.56. The number of ether oxygens (including phenoxy) is 1. The van der Waals surface area contributed by atoms with Gasteiger partial charge in [-0.25, -0.2) is 0 Å². The minimum Gasteiger partial charge on any atom is -0.496 e. The van der Waals surface area contributed by atoms with E-state index >= 15 is 0 Å². The summed E-state index contributed by atoms with van der Waals surface area (Å²) in [6.07, 6.45) is 0.711. The fourth-order valence-electron chi connectivity index (χ4n) is 1.85. The van der Waals surface area contributed by atoms with Crippen LogP contribution in [0.3, 0.4) is 0 Å². The first-order valence-electron chi connectivity index (χ1n) is 5.64. The highest BCUT2D eigenvalue weighted by Gasteiger charge is 2.14. The zero-order valence-corrected chi connectivity index (χ0v) is 11.3. The van der Waals surface area contributed by atoms with Crippen molar-refractivity contribution >= 4 is 23.6 Å². The van der Waals surface area contributed by atoms with Crippen LogP contribution >= 0.6 is 11.6 Å². The Bertz CT molecular complexity index is 685. The van der Waals surface area contributed by atoms with Gasteiger partial charge in [-0.2, -0.15) is 0 Å². The Morgan fingerprint density at radius 2 is 1.95 bits per heavy atom. The number of carbonyl (C=O) groups is 1. The monoisotopic (exact) mass is 291 g/mol. The molecule has 0 bridgehead atoms. The Hall–Kier alpha value is -2.40. The van der Waals surface area contributed by atoms with Gasteiger partial charge in [-0.3, -0.25) is 14.9 Å². The number of carbonyl (C=O) groups excluding carboxylic acids is 1. The minimum atomic E-state index is -0.519. The van der Waals surface area contributed by atoms with Gasteiger partial charge in [-0.15, -0.1) is 0 Å². The van der Waals surface area contributed by atoms with Crippen LogP contribution in [0.4, 0.5) is 5.69 Å². The molecule has 0 atom stereocenters. The Labute approximate surface area is 119 Å². The molecular formula is C14H10ClNO4. The van der Waals surface area contributed by atoms with Crippen molar-refractivity contribution < 1.29 is 14.5 Å². The maximum Gasteiger partial charge on any atom is 0.270 e. The number of benzene rings is 2. The SMILES string of the molecule is COc1ccc(C=O)cc1-c1ccc([N+](=O)[O-])cc1Cl. The van der Waals surface area contributed by atoms with Crippen LogP contribution in [-0.4, -0.2) is 18.3 Å². The molecule has 20 heavy (non-hydrogen) atoms. The van der Waals surface area contributed by atoms with E-state index in [0.717, 1.165) is 0 Å². The van der Waals surface area contributed by atoms with E-state index in [4.69, 9.17) is 16.3 Å². The van der Waals surface area contributed by atoms with Gasteiger partial charge in [0.1, 0.15) is 12.0 Å². The Balaban J connectivity index is 2.61. The standard InChI is InChI=1S/C14H10ClNO4/c1-20-14-5-2-9(8-17)6-12(14)11-4-3-10(16(18)19)7-13(11)15/h2-8H,1H3. The number of hydrogen-bond acceptors (Lipinski definition) is 4. The summed E-state index contributed by atoms with van der Waals surface area (Å²) in [5.74, 6) is 0.534. The number of methoxy groups -OCH3 is 1. The van der Waals surface area contributed by atoms with Crippen LogP contribution in [0.5, 0.6) is 5.75 Å². The summed E-state index contributed by atoms with van der Waals surface area (Å²) in [6.45, 7) is 0. The van der Waals surface area contributed by atoms with E-state index in [0.29, 0.717) is 28.7 Å². The maximum absolute atomic E-state index is 10.9. The van der Waals surface area contributed by atoms with Crippen molar-refractivity contribution in [3.8, 4) is 16.9 Å². The Morgan fingerprint density at radius 1 is 1.20 bits per heavy atom. The highest BCUT2D eigenvalue weighted by atomic mass is 35.5. The molecule has 0 aliphatic heterocycles. The number of nitrogens with zero attached hydrogens (tertiary/aromatic N) is 1. The second kappa shape index (κ2) is 5.71. The first kappa shape index (κ1) is 14.0. The molecule has 0 spiro atoms. The molecule has 2 rings (SSSR count). The predicted octanol–water partition coefficient (Wildman–Crippen LogP) is 3.74. The van der Waals surface area contributed by atoms with E-state index in [-0.39, 0.29) is 10.7 Å². The lowest BCUT2D eigenvalue weighted by molar-refractivity contribution is -0.384. The lowest BCUT2D eigenvalue weighted by Crippen LogP contribution is -1.92. The van der Waals surface area contributed by atoms with Crippen LogP contribution in [0.1, 0.15) is 10.4 Å². The Kier molecular flexibility index (Phi) is 4.00. The summed E-state index contributed by atoms with van der Waals surface area (Å²) >= 11 is 6.08. The molecule has 0 amide bonds. The van der Waals surface area contributed by atoms with E-state index in [2.05, 4.69) is 0 Å². The minimum absolute atomic E-state index is 0.0933. The van der Waals surface area contributed by atoms with Crippen LogP contribution < -0.4 is 4.74 Å². The van der Waals surface area contributed by atoms with E-state index in [9.17, 15) is 14.9 Å². The number of halogens is 1. The van der Waals surface area contributed by atoms with Crippen LogP contribution in [0.25, 0.3) is 11.1 Å². The molecule has 0 aromatic heterocycles. The molecule has 0 unspecified atom stereocenters. The molecule has 0 aliphatic carbocycles. The van der Waals surface area contributed by atoms with Gasteiger partial charge in [-0.1, -0.05) is 11.6 Å². The van der Waals surface area contributed by atoms with E-state index in [1.165, 1.54) is 25.3 Å². The third kappa shape index (κ3) is 2.62. The van der Waals surface area contributed by atoms with Gasteiger partial charge in [0.2, 0.25) is 0 Å². The molecule has 102 valence electrons. The lowest BCUT2D eigenvalue weighted by atomic mass is 10.0. The van der Waals surface area contributed by atoms with Gasteiger partial charge in [-0.05, 0) is 24.3 Å². The van der Waals surface area contributed by atoms with Crippen molar-refractivity contribution in [1.82, 2.24) is 0 Å². The summed E-state index contributed by atoms with van der Waals surface area (Å²) < 4.78 is 5.22. The summed E-state index contributed by atoms with van der Waals surface area (Å²) in [5, 5.41) is 10.9. The lowest BCUT2D eigenvalue weighted by Gasteiger charge is -2.10. The molecule has 2 aromatic rings. The average molecular weight is 292 g/mol. The largest absolute Gasteiger partial charge is 0.496 e. The average Bonchev–Trinajstić information content (AvgIpc) is 2.46. The van der Waals surface area contributed by atoms with Crippen LogP contribution in [-0.2, 0) is 0 Å². The number of nitro benzene ring substituents is 1. The molecule has 6 heteroatoms. The van der Waals surface area contributed by atoms with Crippen molar-refractivity contribution in [2.45, 2.75) is 0 Å². The second-order valence-electron chi connectivity index (χ2n) is 4.00. The summed E-state index contributed by atoms with van der Waals surface area (Å²) in [5.41, 5.74) is 1.55. The van der Waals surface area contributed by atoms with Crippen LogP contribution in [0.2, 0.25) is 5.02 Å². The third-order valence-electron chi connectivity index (χ3n) is 2.81. The molecular weight excluding hydrogens is 282 g/mol. The van der Waals surface area contributed by atoms with Crippen LogP contribution in [0.15, 0.2) is 36.4 Å². The molecule has 0 N–H and O–H groups in total. The fraction of sp³-hybridized carbons (Fsp3) is 0.0714. The topological polar surface area (TPSA) is 69.4 Å². The van der Waals surface area contributed by atoms with Crippen molar-refractivity contribution in [3.63, 3.8) is 0 Å².